The summed E-state index contributed by atoms with van der Waals surface area (Å²) in [4.78, 5) is 19.0. The largest absolute Gasteiger partial charge is 0.326 e. The monoisotopic (exact) mass is 349 g/mol. The van der Waals surface area contributed by atoms with Crippen molar-refractivity contribution in [2.45, 2.75) is 6.42 Å². The normalized spacial score (nSPS) is 12.8. The molecule has 0 spiro atoms. The van der Waals surface area contributed by atoms with Gasteiger partial charge in [-0.15, -0.1) is 0 Å². The highest BCUT2D eigenvalue weighted by atomic mass is 35.5. The Morgan fingerprint density at radius 2 is 1.96 bits per heavy atom. The van der Waals surface area contributed by atoms with E-state index < -0.39 is 0 Å². The van der Waals surface area contributed by atoms with Crippen molar-refractivity contribution < 1.29 is 4.79 Å². The third-order valence-corrected chi connectivity index (χ3v) is 4.49. The van der Waals surface area contributed by atoms with Gasteiger partial charge in [0.05, 0.1) is 11.9 Å². The number of hydrogen-bond donors (Lipinski definition) is 1. The molecule has 0 atom stereocenters. The average molecular weight is 350 g/mol. The van der Waals surface area contributed by atoms with Gasteiger partial charge in [-0.1, -0.05) is 35.9 Å². The van der Waals surface area contributed by atoms with Gasteiger partial charge >= 0.3 is 0 Å². The first-order valence-electron chi connectivity index (χ1n) is 8.09. The van der Waals surface area contributed by atoms with Crippen LogP contribution in [0.4, 0.5) is 17.2 Å². The lowest BCUT2D eigenvalue weighted by atomic mass is 10.2. The van der Waals surface area contributed by atoms with Crippen LogP contribution in [0.25, 0.3) is 0 Å². The maximum absolute atomic E-state index is 12.3. The van der Waals surface area contributed by atoms with E-state index in [-0.39, 0.29) is 5.91 Å². The van der Waals surface area contributed by atoms with Gasteiger partial charge in [0.1, 0.15) is 5.82 Å². The van der Waals surface area contributed by atoms with Gasteiger partial charge in [-0.3, -0.25) is 4.79 Å². The van der Waals surface area contributed by atoms with E-state index in [0.29, 0.717) is 16.3 Å². The molecule has 0 bridgehead atoms. The lowest BCUT2D eigenvalue weighted by molar-refractivity contribution is 0.102. The van der Waals surface area contributed by atoms with Crippen LogP contribution in [0.3, 0.4) is 0 Å². The molecule has 1 aliphatic rings. The molecule has 1 N–H and O–H groups in total. The van der Waals surface area contributed by atoms with Gasteiger partial charge in [0.25, 0.3) is 5.91 Å². The number of amides is 1. The number of anilines is 3. The SMILES string of the molecule is O=C(Nc1ccc(N2CCc3ccccc32)nc1)c1cccc(Cl)c1. The van der Waals surface area contributed by atoms with Gasteiger partial charge < -0.3 is 10.2 Å². The second kappa shape index (κ2) is 6.57. The molecule has 124 valence electrons. The van der Waals surface area contributed by atoms with Crippen molar-refractivity contribution in [2.75, 3.05) is 16.8 Å². The Kier molecular flexibility index (Phi) is 4.12. The van der Waals surface area contributed by atoms with Crippen LogP contribution < -0.4 is 10.2 Å². The van der Waals surface area contributed by atoms with Crippen molar-refractivity contribution in [2.24, 2.45) is 0 Å². The van der Waals surface area contributed by atoms with Crippen molar-refractivity contribution in [1.29, 1.82) is 0 Å². The topological polar surface area (TPSA) is 45.2 Å². The second-order valence-corrected chi connectivity index (χ2v) is 6.34. The van der Waals surface area contributed by atoms with E-state index in [0.717, 1.165) is 18.8 Å². The summed E-state index contributed by atoms with van der Waals surface area (Å²) in [7, 11) is 0. The minimum Gasteiger partial charge on any atom is -0.326 e. The molecule has 0 saturated heterocycles. The van der Waals surface area contributed by atoms with Crippen LogP contribution in [-0.4, -0.2) is 17.4 Å². The van der Waals surface area contributed by atoms with Crippen molar-refractivity contribution >= 4 is 34.7 Å². The molecule has 0 saturated carbocycles. The number of hydrogen-bond acceptors (Lipinski definition) is 3. The zero-order valence-electron chi connectivity index (χ0n) is 13.4. The highest BCUT2D eigenvalue weighted by molar-refractivity contribution is 6.31. The van der Waals surface area contributed by atoms with E-state index in [1.807, 2.05) is 18.2 Å². The van der Waals surface area contributed by atoms with Crippen LogP contribution in [0, 0.1) is 0 Å². The van der Waals surface area contributed by atoms with Crippen molar-refractivity contribution in [3.8, 4) is 0 Å². The number of benzene rings is 2. The number of pyridine rings is 1. The molecule has 3 aromatic rings. The quantitative estimate of drug-likeness (QED) is 0.746. The highest BCUT2D eigenvalue weighted by Gasteiger charge is 2.20. The highest BCUT2D eigenvalue weighted by Crippen LogP contribution is 2.33. The smallest absolute Gasteiger partial charge is 0.255 e. The molecule has 1 aromatic heterocycles. The number of para-hydroxylation sites is 1. The predicted octanol–water partition coefficient (Wildman–Crippen LogP) is 4.68. The van der Waals surface area contributed by atoms with E-state index in [1.54, 1.807) is 30.5 Å². The zero-order chi connectivity index (χ0) is 17.2. The Balaban J connectivity index is 1.50. The Hall–Kier alpha value is -2.85. The Bertz CT molecular complexity index is 924. The number of carbonyl (C=O) groups is 1. The number of nitrogens with one attached hydrogen (secondary N) is 1. The Labute approximate surface area is 151 Å². The van der Waals surface area contributed by atoms with E-state index >= 15 is 0 Å². The van der Waals surface area contributed by atoms with Crippen molar-refractivity contribution in [1.82, 2.24) is 4.98 Å². The van der Waals surface area contributed by atoms with Gasteiger partial charge in [0.2, 0.25) is 0 Å². The number of fused-ring (bicyclic) bond motifs is 1. The maximum Gasteiger partial charge on any atom is 0.255 e. The lowest BCUT2D eigenvalue weighted by Gasteiger charge is -2.18. The van der Waals surface area contributed by atoms with Crippen molar-refractivity contribution in [3.63, 3.8) is 0 Å². The Morgan fingerprint density at radius 1 is 1.08 bits per heavy atom. The van der Waals surface area contributed by atoms with Gasteiger partial charge in [0, 0.05) is 22.8 Å². The third-order valence-electron chi connectivity index (χ3n) is 4.26. The lowest BCUT2D eigenvalue weighted by Crippen LogP contribution is -2.15. The maximum atomic E-state index is 12.3. The molecule has 25 heavy (non-hydrogen) atoms. The number of aromatic nitrogens is 1. The number of nitrogens with zero attached hydrogens (tertiary/aromatic N) is 2. The summed E-state index contributed by atoms with van der Waals surface area (Å²) in [5, 5.41) is 3.38. The average Bonchev–Trinajstić information content (AvgIpc) is 3.06. The summed E-state index contributed by atoms with van der Waals surface area (Å²) in [6.07, 6.45) is 2.70. The van der Waals surface area contributed by atoms with E-state index in [2.05, 4.69) is 33.4 Å². The van der Waals surface area contributed by atoms with Gasteiger partial charge in [0.15, 0.2) is 0 Å². The van der Waals surface area contributed by atoms with E-state index in [1.165, 1.54) is 11.3 Å². The zero-order valence-corrected chi connectivity index (χ0v) is 14.2. The first-order chi connectivity index (χ1) is 12.2. The second-order valence-electron chi connectivity index (χ2n) is 5.90. The van der Waals surface area contributed by atoms with E-state index in [9.17, 15) is 4.79 Å². The number of carbonyl (C=O) groups excluding carboxylic acids is 1. The summed E-state index contributed by atoms with van der Waals surface area (Å²) in [6.45, 7) is 0.917. The van der Waals surface area contributed by atoms with Crippen LogP contribution in [0.2, 0.25) is 5.02 Å². The van der Waals surface area contributed by atoms with E-state index in [4.69, 9.17) is 11.6 Å². The fourth-order valence-corrected chi connectivity index (χ4v) is 3.22. The Morgan fingerprint density at radius 3 is 2.76 bits per heavy atom. The molecule has 0 aliphatic carbocycles. The first-order valence-corrected chi connectivity index (χ1v) is 8.47. The summed E-state index contributed by atoms with van der Waals surface area (Å²) in [5.74, 6) is 0.675. The standard InChI is InChI=1S/C20H16ClN3O/c21-16-6-3-5-15(12-16)20(25)23-17-8-9-19(22-13-17)24-11-10-14-4-1-2-7-18(14)24/h1-9,12-13H,10-11H2,(H,23,25). The van der Waals surface area contributed by atoms with Gasteiger partial charge in [-0.2, -0.15) is 0 Å². The molecular formula is C20H16ClN3O. The van der Waals surface area contributed by atoms with Gasteiger partial charge in [-0.05, 0) is 48.4 Å². The molecule has 2 heterocycles. The number of rotatable bonds is 3. The predicted molar refractivity (Wildman–Crippen MR) is 101 cm³/mol. The molecule has 5 heteroatoms. The van der Waals surface area contributed by atoms with Gasteiger partial charge in [-0.25, -0.2) is 4.98 Å². The molecule has 4 nitrogen and oxygen atoms in total. The third kappa shape index (κ3) is 3.21. The van der Waals surface area contributed by atoms with Crippen LogP contribution >= 0.6 is 11.6 Å². The summed E-state index contributed by atoms with van der Waals surface area (Å²) < 4.78 is 0. The van der Waals surface area contributed by atoms with Crippen molar-refractivity contribution in [3.05, 3.63) is 83.0 Å². The first kappa shape index (κ1) is 15.7. The summed E-state index contributed by atoms with van der Waals surface area (Å²) in [5.41, 5.74) is 3.71. The summed E-state index contributed by atoms with van der Waals surface area (Å²) >= 11 is 5.93. The molecule has 0 unspecified atom stereocenters. The molecule has 1 aliphatic heterocycles. The molecule has 0 fully saturated rings. The van der Waals surface area contributed by atoms with Crippen LogP contribution in [0.15, 0.2) is 66.9 Å². The fourth-order valence-electron chi connectivity index (χ4n) is 3.03. The molecule has 1 amide bonds. The van der Waals surface area contributed by atoms with Crippen LogP contribution in [0.1, 0.15) is 15.9 Å². The fraction of sp³-hybridized carbons (Fsp3) is 0.100. The minimum atomic E-state index is -0.205. The molecule has 0 radical (unpaired) electrons. The summed E-state index contributed by atoms with van der Waals surface area (Å²) in [6, 6.07) is 19.0. The number of halogens is 1. The van der Waals surface area contributed by atoms with Crippen LogP contribution in [-0.2, 0) is 6.42 Å². The molecule has 4 rings (SSSR count). The van der Waals surface area contributed by atoms with Crippen LogP contribution in [0.5, 0.6) is 0 Å². The molecule has 2 aromatic carbocycles. The molecular weight excluding hydrogens is 334 g/mol. The minimum absolute atomic E-state index is 0.205.